The van der Waals surface area contributed by atoms with Crippen LogP contribution in [0.1, 0.15) is 19.3 Å². The van der Waals surface area contributed by atoms with Crippen LogP contribution in [0, 0.1) is 10.1 Å². The third-order valence-electron chi connectivity index (χ3n) is 3.25. The monoisotopic (exact) mass is 333 g/mol. The number of nitrogens with one attached hydrogen (secondary N) is 2. The molecule has 1 atom stereocenters. The summed E-state index contributed by atoms with van der Waals surface area (Å²) in [5, 5.41) is 13.9. The first-order valence-corrected chi connectivity index (χ1v) is 8.58. The summed E-state index contributed by atoms with van der Waals surface area (Å²) >= 11 is 5.69. The van der Waals surface area contributed by atoms with Gasteiger partial charge in [0.1, 0.15) is 5.02 Å². The van der Waals surface area contributed by atoms with E-state index in [4.69, 9.17) is 11.6 Å². The summed E-state index contributed by atoms with van der Waals surface area (Å²) < 4.78 is 26.5. The summed E-state index contributed by atoms with van der Waals surface area (Å²) in [6, 6.07) is 3.74. The van der Waals surface area contributed by atoms with Crippen LogP contribution in [0.3, 0.4) is 0 Å². The van der Waals surface area contributed by atoms with E-state index in [1.807, 2.05) is 0 Å². The normalized spacial score (nSPS) is 19.2. The number of benzene rings is 1. The van der Waals surface area contributed by atoms with Crippen molar-refractivity contribution in [2.45, 2.75) is 25.3 Å². The number of nitro benzene ring substituents is 1. The fraction of sp³-hybridized carbons (Fsp3) is 0.500. The van der Waals surface area contributed by atoms with Gasteiger partial charge in [0, 0.05) is 12.1 Å². The van der Waals surface area contributed by atoms with E-state index < -0.39 is 14.9 Å². The number of halogens is 1. The zero-order chi connectivity index (χ0) is 15.5. The third kappa shape index (κ3) is 4.55. The lowest BCUT2D eigenvalue weighted by Gasteiger charge is -2.23. The standard InChI is InChI=1S/C12H16ClN3O4S/c13-11-5-4-9(7-12(11)16(17)18)15-21(19,20)8-10-3-1-2-6-14-10/h4-5,7,10,14-15H,1-3,6,8H2. The predicted octanol–water partition coefficient (Wildman–Crippen LogP) is 2.13. The first kappa shape index (κ1) is 16.0. The lowest BCUT2D eigenvalue weighted by Crippen LogP contribution is -2.40. The Bertz CT molecular complexity index is 629. The molecule has 7 nitrogen and oxygen atoms in total. The molecule has 0 amide bonds. The van der Waals surface area contributed by atoms with Crippen LogP contribution >= 0.6 is 11.6 Å². The van der Waals surface area contributed by atoms with Gasteiger partial charge in [-0.1, -0.05) is 18.0 Å². The summed E-state index contributed by atoms with van der Waals surface area (Å²) in [4.78, 5) is 10.1. The Morgan fingerprint density at radius 3 is 2.81 bits per heavy atom. The molecule has 1 aliphatic rings. The van der Waals surface area contributed by atoms with Gasteiger partial charge < -0.3 is 5.32 Å². The van der Waals surface area contributed by atoms with Gasteiger partial charge in [0.05, 0.1) is 16.4 Å². The van der Waals surface area contributed by atoms with Gasteiger partial charge in [0.25, 0.3) is 5.69 Å². The maximum atomic E-state index is 12.1. The van der Waals surface area contributed by atoms with E-state index in [0.29, 0.717) is 0 Å². The molecular formula is C12H16ClN3O4S. The van der Waals surface area contributed by atoms with Crippen LogP contribution in [0.5, 0.6) is 0 Å². The number of rotatable bonds is 5. The number of hydrogen-bond acceptors (Lipinski definition) is 5. The fourth-order valence-electron chi connectivity index (χ4n) is 2.27. The van der Waals surface area contributed by atoms with Crippen LogP contribution < -0.4 is 10.0 Å². The van der Waals surface area contributed by atoms with E-state index in [1.165, 1.54) is 12.1 Å². The number of nitro groups is 1. The van der Waals surface area contributed by atoms with Crippen molar-refractivity contribution >= 4 is 33.0 Å². The van der Waals surface area contributed by atoms with Gasteiger partial charge in [0.15, 0.2) is 0 Å². The summed E-state index contributed by atoms with van der Waals surface area (Å²) in [5.74, 6) is -0.0522. The summed E-state index contributed by atoms with van der Waals surface area (Å²) in [6.45, 7) is 0.812. The predicted molar refractivity (Wildman–Crippen MR) is 81.2 cm³/mol. The molecule has 0 aliphatic carbocycles. The van der Waals surface area contributed by atoms with Crippen molar-refractivity contribution in [3.05, 3.63) is 33.3 Å². The highest BCUT2D eigenvalue weighted by atomic mass is 35.5. The highest BCUT2D eigenvalue weighted by molar-refractivity contribution is 7.92. The lowest BCUT2D eigenvalue weighted by molar-refractivity contribution is -0.384. The second kappa shape index (κ2) is 6.59. The van der Waals surface area contributed by atoms with Crippen LogP contribution in [0.4, 0.5) is 11.4 Å². The lowest BCUT2D eigenvalue weighted by atomic mass is 10.1. The molecule has 1 heterocycles. The molecule has 116 valence electrons. The molecule has 9 heteroatoms. The average Bonchev–Trinajstić information content (AvgIpc) is 2.41. The second-order valence-electron chi connectivity index (χ2n) is 4.95. The van der Waals surface area contributed by atoms with Crippen molar-refractivity contribution in [2.24, 2.45) is 0 Å². The Hall–Kier alpha value is -1.38. The van der Waals surface area contributed by atoms with Gasteiger partial charge >= 0.3 is 0 Å². The highest BCUT2D eigenvalue weighted by Gasteiger charge is 2.22. The van der Waals surface area contributed by atoms with Gasteiger partial charge in [-0.3, -0.25) is 14.8 Å². The molecule has 2 N–H and O–H groups in total. The Kier molecular flexibility index (Phi) is 5.02. The third-order valence-corrected chi connectivity index (χ3v) is 4.96. The van der Waals surface area contributed by atoms with E-state index in [2.05, 4.69) is 10.0 Å². The van der Waals surface area contributed by atoms with Gasteiger partial charge in [-0.25, -0.2) is 8.42 Å². The van der Waals surface area contributed by atoms with E-state index in [0.717, 1.165) is 31.9 Å². The van der Waals surface area contributed by atoms with E-state index in [9.17, 15) is 18.5 Å². The number of piperidine rings is 1. The average molecular weight is 334 g/mol. The Balaban J connectivity index is 2.09. The molecule has 0 radical (unpaired) electrons. The molecule has 1 saturated heterocycles. The van der Waals surface area contributed by atoms with Crippen LogP contribution in [0.2, 0.25) is 5.02 Å². The molecular weight excluding hydrogens is 318 g/mol. The maximum Gasteiger partial charge on any atom is 0.289 e. The van der Waals surface area contributed by atoms with Crippen molar-refractivity contribution in [2.75, 3.05) is 17.0 Å². The SMILES string of the molecule is O=[N+]([O-])c1cc(NS(=O)(=O)CC2CCCCN2)ccc1Cl. The number of hydrogen-bond donors (Lipinski definition) is 2. The Morgan fingerprint density at radius 2 is 2.19 bits per heavy atom. The van der Waals surface area contributed by atoms with Crippen molar-refractivity contribution in [3.8, 4) is 0 Å². The molecule has 1 unspecified atom stereocenters. The molecule has 1 fully saturated rings. The van der Waals surface area contributed by atoms with Gasteiger partial charge in [-0.2, -0.15) is 0 Å². The number of sulfonamides is 1. The minimum atomic E-state index is -3.57. The molecule has 1 aliphatic heterocycles. The van der Waals surface area contributed by atoms with Crippen LogP contribution in [0.25, 0.3) is 0 Å². The first-order valence-electron chi connectivity index (χ1n) is 6.55. The van der Waals surface area contributed by atoms with E-state index in [-0.39, 0.29) is 28.2 Å². The van der Waals surface area contributed by atoms with Crippen LogP contribution in [-0.2, 0) is 10.0 Å². The molecule has 0 aromatic heterocycles. The largest absolute Gasteiger partial charge is 0.313 e. The highest BCUT2D eigenvalue weighted by Crippen LogP contribution is 2.27. The minimum absolute atomic E-state index is 0.0307. The molecule has 1 aromatic carbocycles. The van der Waals surface area contributed by atoms with Gasteiger partial charge in [-0.15, -0.1) is 0 Å². The zero-order valence-electron chi connectivity index (χ0n) is 11.2. The van der Waals surface area contributed by atoms with Crippen LogP contribution in [-0.4, -0.2) is 31.7 Å². The van der Waals surface area contributed by atoms with E-state index >= 15 is 0 Å². The smallest absolute Gasteiger partial charge is 0.289 e. The zero-order valence-corrected chi connectivity index (χ0v) is 12.8. The summed E-state index contributed by atoms with van der Waals surface area (Å²) in [5.41, 5.74) is -0.186. The summed E-state index contributed by atoms with van der Waals surface area (Å²) in [6.07, 6.45) is 2.86. The summed E-state index contributed by atoms with van der Waals surface area (Å²) in [7, 11) is -3.57. The molecule has 0 spiro atoms. The van der Waals surface area contributed by atoms with Crippen molar-refractivity contribution in [1.29, 1.82) is 0 Å². The quantitative estimate of drug-likeness (QED) is 0.635. The minimum Gasteiger partial charge on any atom is -0.313 e. The topological polar surface area (TPSA) is 101 Å². The van der Waals surface area contributed by atoms with Crippen LogP contribution in [0.15, 0.2) is 18.2 Å². The van der Waals surface area contributed by atoms with Gasteiger partial charge in [0.2, 0.25) is 10.0 Å². The maximum absolute atomic E-state index is 12.1. The van der Waals surface area contributed by atoms with Crippen molar-refractivity contribution in [3.63, 3.8) is 0 Å². The first-order chi connectivity index (χ1) is 9.87. The van der Waals surface area contributed by atoms with E-state index in [1.54, 1.807) is 0 Å². The molecule has 0 bridgehead atoms. The number of anilines is 1. The fourth-order valence-corrected chi connectivity index (χ4v) is 3.84. The van der Waals surface area contributed by atoms with Crippen molar-refractivity contribution in [1.82, 2.24) is 5.32 Å². The second-order valence-corrected chi connectivity index (χ2v) is 7.13. The van der Waals surface area contributed by atoms with Gasteiger partial charge in [-0.05, 0) is 31.5 Å². The molecule has 21 heavy (non-hydrogen) atoms. The molecule has 0 saturated carbocycles. The molecule has 1 aromatic rings. The van der Waals surface area contributed by atoms with Crippen molar-refractivity contribution < 1.29 is 13.3 Å². The molecule has 2 rings (SSSR count). The Morgan fingerprint density at radius 1 is 1.43 bits per heavy atom. The number of nitrogens with zero attached hydrogens (tertiary/aromatic N) is 1. The Labute approximate surface area is 127 Å².